The van der Waals surface area contributed by atoms with Gasteiger partial charge in [0.1, 0.15) is 4.88 Å². The van der Waals surface area contributed by atoms with E-state index in [1.165, 1.54) is 11.3 Å². The van der Waals surface area contributed by atoms with Crippen LogP contribution in [0.5, 0.6) is 0 Å². The van der Waals surface area contributed by atoms with Crippen molar-refractivity contribution >= 4 is 28.8 Å². The number of carbonyl (C=O) groups excluding carboxylic acids is 2. The first-order chi connectivity index (χ1) is 11.9. The topological polar surface area (TPSA) is 88.3 Å². The second-order valence-electron chi connectivity index (χ2n) is 6.28. The molecule has 6 nitrogen and oxygen atoms in total. The average Bonchev–Trinajstić information content (AvgIpc) is 3.07. The van der Waals surface area contributed by atoms with Gasteiger partial charge in [-0.25, -0.2) is 0 Å². The fraction of sp³-hybridized carbons (Fsp3) is 0.389. The largest absolute Gasteiger partial charge is 0.341 e. The fourth-order valence-electron chi connectivity index (χ4n) is 2.22. The van der Waals surface area contributed by atoms with E-state index in [4.69, 9.17) is 5.73 Å². The number of pyridine rings is 1. The van der Waals surface area contributed by atoms with E-state index < -0.39 is 0 Å². The molecule has 2 rings (SSSR count). The minimum Gasteiger partial charge on any atom is -0.341 e. The summed E-state index contributed by atoms with van der Waals surface area (Å²) in [4.78, 5) is 31.0. The number of anilines is 1. The predicted molar refractivity (Wildman–Crippen MR) is 101 cm³/mol. The zero-order valence-corrected chi connectivity index (χ0v) is 15.5. The fourth-order valence-corrected chi connectivity index (χ4v) is 3.06. The molecule has 7 heteroatoms. The third-order valence-corrected chi connectivity index (χ3v) is 4.95. The van der Waals surface area contributed by atoms with Gasteiger partial charge in [0.2, 0.25) is 0 Å². The number of thiophene rings is 1. The third kappa shape index (κ3) is 5.11. The number of amides is 2. The summed E-state index contributed by atoms with van der Waals surface area (Å²) in [6, 6.07) is 5.06. The van der Waals surface area contributed by atoms with Crippen molar-refractivity contribution < 1.29 is 9.59 Å². The first kappa shape index (κ1) is 19.1. The van der Waals surface area contributed by atoms with E-state index in [-0.39, 0.29) is 17.9 Å². The number of hydrogen-bond acceptors (Lipinski definition) is 5. The van der Waals surface area contributed by atoms with E-state index in [2.05, 4.69) is 24.1 Å². The Kier molecular flexibility index (Phi) is 6.66. The Morgan fingerprint density at radius 1 is 1.28 bits per heavy atom. The molecule has 134 valence electrons. The van der Waals surface area contributed by atoms with E-state index in [9.17, 15) is 9.59 Å². The van der Waals surface area contributed by atoms with Crippen molar-refractivity contribution in [2.45, 2.75) is 26.3 Å². The first-order valence-corrected chi connectivity index (χ1v) is 9.08. The second kappa shape index (κ2) is 8.73. The van der Waals surface area contributed by atoms with E-state index in [0.29, 0.717) is 28.6 Å². The summed E-state index contributed by atoms with van der Waals surface area (Å²) in [5.41, 5.74) is 7.07. The molecule has 2 heterocycles. The maximum Gasteiger partial charge on any atom is 0.265 e. The third-order valence-electron chi connectivity index (χ3n) is 4.05. The summed E-state index contributed by atoms with van der Waals surface area (Å²) in [5.74, 6) is -0.00392. The molecule has 0 saturated heterocycles. The molecule has 0 fully saturated rings. The highest BCUT2D eigenvalue weighted by Gasteiger charge is 2.20. The lowest BCUT2D eigenvalue weighted by Gasteiger charge is -2.21. The first-order valence-electron chi connectivity index (χ1n) is 8.20. The number of nitrogens with two attached hydrogens (primary N) is 1. The molecular weight excluding hydrogens is 336 g/mol. The van der Waals surface area contributed by atoms with Crippen LogP contribution in [0.1, 0.15) is 40.3 Å². The average molecular weight is 360 g/mol. The predicted octanol–water partition coefficient (Wildman–Crippen LogP) is 2.84. The lowest BCUT2D eigenvalue weighted by atomic mass is 10.0. The summed E-state index contributed by atoms with van der Waals surface area (Å²) >= 11 is 1.31. The van der Waals surface area contributed by atoms with E-state index >= 15 is 0 Å². The molecule has 0 radical (unpaired) electrons. The highest BCUT2D eigenvalue weighted by atomic mass is 32.1. The Labute approximate surface area is 152 Å². The van der Waals surface area contributed by atoms with Gasteiger partial charge in [0, 0.05) is 37.6 Å². The second-order valence-corrected chi connectivity index (χ2v) is 7.19. The van der Waals surface area contributed by atoms with Crippen molar-refractivity contribution in [1.82, 2.24) is 9.88 Å². The van der Waals surface area contributed by atoms with Crippen LogP contribution in [0.15, 0.2) is 36.0 Å². The van der Waals surface area contributed by atoms with Crippen molar-refractivity contribution in [2.24, 2.45) is 11.7 Å². The number of carbonyl (C=O) groups is 2. The molecule has 0 aliphatic carbocycles. The normalized spacial score (nSPS) is 12.0. The van der Waals surface area contributed by atoms with E-state index in [1.54, 1.807) is 47.9 Å². The van der Waals surface area contributed by atoms with Gasteiger partial charge in [-0.15, -0.1) is 11.3 Å². The van der Waals surface area contributed by atoms with Gasteiger partial charge >= 0.3 is 0 Å². The van der Waals surface area contributed by atoms with Gasteiger partial charge in [-0.05, 0) is 35.9 Å². The summed E-state index contributed by atoms with van der Waals surface area (Å²) in [6.07, 6.45) is 3.85. The van der Waals surface area contributed by atoms with Crippen molar-refractivity contribution in [3.05, 3.63) is 46.4 Å². The Morgan fingerprint density at radius 2 is 1.96 bits per heavy atom. The highest BCUT2D eigenvalue weighted by Crippen LogP contribution is 2.24. The van der Waals surface area contributed by atoms with Crippen molar-refractivity contribution in [2.75, 3.05) is 18.9 Å². The molecule has 25 heavy (non-hydrogen) atoms. The molecule has 0 aromatic carbocycles. The smallest absolute Gasteiger partial charge is 0.265 e. The van der Waals surface area contributed by atoms with Crippen LogP contribution in [0.3, 0.4) is 0 Å². The van der Waals surface area contributed by atoms with E-state index in [0.717, 1.165) is 6.42 Å². The van der Waals surface area contributed by atoms with Crippen molar-refractivity contribution in [1.29, 1.82) is 0 Å². The van der Waals surface area contributed by atoms with Crippen LogP contribution >= 0.6 is 11.3 Å². The lowest BCUT2D eigenvalue weighted by molar-refractivity contribution is 0.0795. The maximum atomic E-state index is 12.7. The number of hydrogen-bond donors (Lipinski definition) is 2. The molecule has 0 aliphatic rings. The zero-order chi connectivity index (χ0) is 18.4. The molecule has 2 aromatic heterocycles. The van der Waals surface area contributed by atoms with Gasteiger partial charge in [0.15, 0.2) is 0 Å². The van der Waals surface area contributed by atoms with Crippen LogP contribution in [0, 0.1) is 5.92 Å². The molecule has 0 saturated carbocycles. The van der Waals surface area contributed by atoms with Crippen molar-refractivity contribution in [3.63, 3.8) is 0 Å². The quantitative estimate of drug-likeness (QED) is 0.795. The van der Waals surface area contributed by atoms with Gasteiger partial charge in [-0.3, -0.25) is 14.6 Å². The number of rotatable bonds is 7. The molecule has 1 atom stereocenters. The molecule has 2 aromatic rings. The van der Waals surface area contributed by atoms with Crippen LogP contribution < -0.4 is 11.1 Å². The van der Waals surface area contributed by atoms with Gasteiger partial charge in [0.25, 0.3) is 11.8 Å². The van der Waals surface area contributed by atoms with Crippen LogP contribution in [0.4, 0.5) is 5.69 Å². The number of nitrogens with one attached hydrogen (secondary N) is 1. The SMILES string of the molecule is CC(C)C(N)CCN(C)C(=O)c1sccc1NC(=O)c1ccncc1. The monoisotopic (exact) mass is 360 g/mol. The van der Waals surface area contributed by atoms with Gasteiger partial charge in [-0.2, -0.15) is 0 Å². The number of aromatic nitrogens is 1. The molecule has 0 bridgehead atoms. The van der Waals surface area contributed by atoms with Crippen LogP contribution in [-0.2, 0) is 0 Å². The zero-order valence-electron chi connectivity index (χ0n) is 14.7. The van der Waals surface area contributed by atoms with Gasteiger partial charge < -0.3 is 16.0 Å². The van der Waals surface area contributed by atoms with Crippen LogP contribution in [0.2, 0.25) is 0 Å². The minimum absolute atomic E-state index is 0.0597. The minimum atomic E-state index is -0.265. The standard InChI is InChI=1S/C18H24N4O2S/c1-12(2)14(19)6-10-22(3)18(24)16-15(7-11-25-16)21-17(23)13-4-8-20-9-5-13/h4-5,7-9,11-12,14H,6,10,19H2,1-3H3,(H,21,23). The molecule has 0 spiro atoms. The Bertz CT molecular complexity index is 715. The van der Waals surface area contributed by atoms with E-state index in [1.807, 2.05) is 0 Å². The summed E-state index contributed by atoms with van der Waals surface area (Å²) in [6.45, 7) is 4.71. The molecule has 1 unspecified atom stereocenters. The Morgan fingerprint density at radius 3 is 2.60 bits per heavy atom. The molecule has 3 N–H and O–H groups in total. The molecule has 2 amide bonds. The number of nitrogens with zero attached hydrogens (tertiary/aromatic N) is 2. The molecular formula is C18H24N4O2S. The van der Waals surface area contributed by atoms with Gasteiger partial charge in [-0.1, -0.05) is 13.8 Å². The van der Waals surface area contributed by atoms with Crippen molar-refractivity contribution in [3.8, 4) is 0 Å². The Hall–Kier alpha value is -2.25. The highest BCUT2D eigenvalue weighted by molar-refractivity contribution is 7.12. The summed E-state index contributed by atoms with van der Waals surface area (Å²) in [5, 5.41) is 4.59. The van der Waals surface area contributed by atoms with Crippen LogP contribution in [0.25, 0.3) is 0 Å². The molecule has 0 aliphatic heterocycles. The Balaban J connectivity index is 2.02. The maximum absolute atomic E-state index is 12.7. The van der Waals surface area contributed by atoms with Crippen LogP contribution in [-0.4, -0.2) is 41.3 Å². The lowest BCUT2D eigenvalue weighted by Crippen LogP contribution is -2.34. The van der Waals surface area contributed by atoms with Gasteiger partial charge in [0.05, 0.1) is 5.69 Å². The summed E-state index contributed by atoms with van der Waals surface area (Å²) in [7, 11) is 1.75. The summed E-state index contributed by atoms with van der Waals surface area (Å²) < 4.78 is 0.